The summed E-state index contributed by atoms with van der Waals surface area (Å²) in [6, 6.07) is -9.72. The fourth-order valence-corrected chi connectivity index (χ4v) is 8.75. The van der Waals surface area contributed by atoms with Crippen molar-refractivity contribution in [1.29, 1.82) is 5.41 Å². The maximum absolute atomic E-state index is 14.9. The van der Waals surface area contributed by atoms with Crippen LogP contribution in [-0.4, -0.2) is 255 Å². The van der Waals surface area contributed by atoms with Crippen LogP contribution in [0, 0.1) is 17.2 Å². The maximum Gasteiger partial charge on any atom is 0.259 e. The van der Waals surface area contributed by atoms with Crippen molar-refractivity contribution >= 4 is 115 Å². The van der Waals surface area contributed by atoms with Crippen LogP contribution in [-0.2, 0) is 86.3 Å². The summed E-state index contributed by atoms with van der Waals surface area (Å²) in [6.45, 7) is 12.1. The number of guanidine groups is 1. The summed E-state index contributed by atoms with van der Waals surface area (Å²) in [4.78, 5) is 233. The fraction of sp³-hybridized carbons (Fsp3) is 0.672. The Morgan fingerprint density at radius 3 is 1.28 bits per heavy atom. The van der Waals surface area contributed by atoms with E-state index in [4.69, 9.17) is 22.6 Å². The molecule has 43 heteroatoms. The van der Waals surface area contributed by atoms with E-state index in [1.54, 1.807) is 27.7 Å². The number of amides is 10. The summed E-state index contributed by atoms with van der Waals surface area (Å²) in [5.74, 6) is -12.6. The van der Waals surface area contributed by atoms with Crippen LogP contribution in [0.1, 0.15) is 107 Å². The van der Waals surface area contributed by atoms with Crippen LogP contribution >= 0.6 is 0 Å². The topological polar surface area (TPSA) is 678 Å². The van der Waals surface area contributed by atoms with Gasteiger partial charge < -0.3 is 114 Å². The second kappa shape index (κ2) is 50.2. The molecule has 0 radical (unpaired) electrons. The second-order valence-corrected chi connectivity index (χ2v) is 24.0. The Kier molecular flexibility index (Phi) is 45.7. The molecule has 0 aromatic heterocycles. The Balaban J connectivity index is 8.25. The predicted octanol–water partition coefficient (Wildman–Crippen LogP) is -12.8. The smallest absolute Gasteiger partial charge is 0.259 e. The highest BCUT2D eigenvalue weighted by Gasteiger charge is 2.39. The highest BCUT2D eigenvalue weighted by Crippen LogP contribution is 2.08. The van der Waals surface area contributed by atoms with Crippen LogP contribution in [0.3, 0.4) is 0 Å². The largest absolute Gasteiger partial charge is 0.375 e. The molecule has 0 aliphatic carbocycles. The molecule has 17 atom stereocenters. The molecule has 0 aromatic carbocycles. The normalized spacial score (nSPS) is 16.3. The van der Waals surface area contributed by atoms with Crippen molar-refractivity contribution in [1.82, 2.24) is 101 Å². The molecule has 0 saturated carbocycles. The molecule has 0 aliphatic heterocycles. The van der Waals surface area contributed by atoms with Crippen molar-refractivity contribution in [2.24, 2.45) is 29.0 Å². The quantitative estimate of drug-likeness (QED) is 0.00884. The van der Waals surface area contributed by atoms with E-state index in [9.17, 15) is 96.5 Å². The molecule has 28 N–H and O–H groups in total. The van der Waals surface area contributed by atoms with Gasteiger partial charge in [0.2, 0.25) is 23.6 Å². The fourth-order valence-electron chi connectivity index (χ4n) is 8.75. The molecule has 10 amide bonds. The highest BCUT2D eigenvalue weighted by atomic mass is 16.3. The highest BCUT2D eigenvalue weighted by molar-refractivity contribution is 5.96. The first-order valence-electron chi connectivity index (χ1n) is 32.1. The van der Waals surface area contributed by atoms with E-state index < -0.39 is 207 Å². The van der Waals surface area contributed by atoms with Gasteiger partial charge in [0.1, 0.15) is 93.5 Å². The van der Waals surface area contributed by atoms with Crippen LogP contribution in [0.5, 0.6) is 0 Å². The first-order chi connectivity index (χ1) is 47.5. The number of aldehydes is 8. The third-order valence-electron chi connectivity index (χ3n) is 13.9. The van der Waals surface area contributed by atoms with Crippen molar-refractivity contribution < 1.29 is 96.5 Å². The molecule has 0 bridgehead atoms. The number of primary amides is 2. The van der Waals surface area contributed by atoms with Crippen molar-refractivity contribution in [3.63, 3.8) is 0 Å². The van der Waals surface area contributed by atoms with Gasteiger partial charge in [0.15, 0.2) is 30.6 Å². The van der Waals surface area contributed by atoms with E-state index in [1.807, 2.05) is 0 Å². The monoisotopic (exact) mass is 1440 g/mol. The van der Waals surface area contributed by atoms with Crippen molar-refractivity contribution in [3.8, 4) is 0 Å². The third-order valence-corrected chi connectivity index (χ3v) is 13.9. The Labute approximate surface area is 582 Å². The number of carbonyl (C=O) groups excluding carboxylic acids is 18. The maximum atomic E-state index is 14.9. The average Bonchev–Trinajstić information content (AvgIpc) is 0.853. The number of aliphatic hydroxyl groups is 2. The lowest BCUT2D eigenvalue weighted by molar-refractivity contribution is -0.136. The molecule has 0 heterocycles. The van der Waals surface area contributed by atoms with Crippen LogP contribution in [0.2, 0.25) is 0 Å². The predicted molar refractivity (Wildman–Crippen MR) is 356 cm³/mol. The number of rotatable bonds is 58. The SMILES string of the molecule is CC(=O)N[C@@H](NCC=O)C(O)N[C@@H](N[C@@H](C=O)CCC(N)=O)C(=O)N[C@@H](N[C@@H](C=O)C(C)C)C(=O)N[C@@H](NCC=O)C(=O)N[C@@H](N[C@@H](C=O)CCCNC(=N)N)C(O)N[C@@H](N[C@@H](C=O)CCC(N)=O)C(=O)N[C@@H](N[C@@H](C=O)CC(C)C)C(=O)N[C@@H](N[C@@H](C)C=O)C(=O)N[C@@H](C)C(=O)NC(C)C. The van der Waals surface area contributed by atoms with Crippen molar-refractivity contribution in [2.45, 2.75) is 217 Å². The molecule has 0 spiro atoms. The number of hydrogen-bond donors (Lipinski definition) is 25. The molecule has 0 rings (SSSR count). The van der Waals surface area contributed by atoms with Crippen molar-refractivity contribution in [2.75, 3.05) is 19.6 Å². The molecule has 0 fully saturated rings. The molecule has 0 saturated heterocycles. The number of nitrogens with one attached hydrogen (secondary N) is 20. The summed E-state index contributed by atoms with van der Waals surface area (Å²) < 4.78 is 0. The van der Waals surface area contributed by atoms with Crippen LogP contribution < -0.4 is 118 Å². The first kappa shape index (κ1) is 91.8. The van der Waals surface area contributed by atoms with Gasteiger partial charge in [0.25, 0.3) is 35.4 Å². The molecule has 0 aliphatic rings. The van der Waals surface area contributed by atoms with Gasteiger partial charge in [-0.05, 0) is 71.6 Å². The van der Waals surface area contributed by atoms with Crippen molar-refractivity contribution in [3.05, 3.63) is 0 Å². The molecule has 101 heavy (non-hydrogen) atoms. The summed E-state index contributed by atoms with van der Waals surface area (Å²) in [7, 11) is 0. The van der Waals surface area contributed by atoms with E-state index in [0.29, 0.717) is 31.4 Å². The Morgan fingerprint density at radius 1 is 0.426 bits per heavy atom. The molecular formula is C58H103N23O20. The number of nitrogens with two attached hydrogens (primary N) is 3. The molecule has 43 nitrogen and oxygen atoms in total. The van der Waals surface area contributed by atoms with Gasteiger partial charge in [-0.1, -0.05) is 27.7 Å². The zero-order valence-corrected chi connectivity index (χ0v) is 57.7. The summed E-state index contributed by atoms with van der Waals surface area (Å²) in [5.41, 5.74) is 16.1. The molecule has 0 aromatic rings. The number of hydrogen-bond acceptors (Lipinski definition) is 31. The zero-order valence-electron chi connectivity index (χ0n) is 57.7. The zero-order chi connectivity index (χ0) is 77.1. The van der Waals surface area contributed by atoms with E-state index in [1.165, 1.54) is 27.7 Å². The molecule has 2 unspecified atom stereocenters. The Morgan fingerprint density at radius 2 is 0.851 bits per heavy atom. The lowest BCUT2D eigenvalue weighted by Gasteiger charge is -2.34. The molecule has 570 valence electrons. The minimum Gasteiger partial charge on any atom is -0.375 e. The van der Waals surface area contributed by atoms with Gasteiger partial charge in [-0.15, -0.1) is 0 Å². The number of aliphatic hydroxyl groups excluding tert-OH is 2. The van der Waals surface area contributed by atoms with E-state index in [-0.39, 0.29) is 63.0 Å². The number of carbonyl (C=O) groups is 18. The first-order valence-corrected chi connectivity index (χ1v) is 32.1. The van der Waals surface area contributed by atoms with Gasteiger partial charge in [-0.3, -0.25) is 107 Å². The third kappa shape index (κ3) is 38.9. The standard InChI is InChI=1S/C58H103N23O20/c1-28(2)21-37(26-88)73-47(56(100)76-43(67-31(7)22-84)52(96)68-32(8)49(93)66-30(5)6)80-54(98)46(72-36(25-87)13-15-40(60)92)79-53(97)44(70-34(23-85)11-10-16-65-58(61)62)78-51(95)42(64-18-20-83)75-57(101)48(74-38(27-89)29(3)4)81-55(99)45(71-35(24-86)12-14-39(59)91)77-50(94)41(63-17-19-82)69-33(9)90/h19-20,22-32,34-38,41-48,50,53,63-64,67,70-74,77,79,94,97H,10-18,21H2,1-9H3,(H2,59,91)(H2,60,92)(H,66,93)(H,68,96)(H,69,90)(H,75,101)(H,76,100)(H,78,95)(H,80,98)(H,81,99)(H4,61,62,65)/t31-,32-,34+,35+,36+,37+,38-,41+,42+,43+,44+,45+,46+,47+,48+,50?,53?/m0/s1. The van der Waals surface area contributed by atoms with Crippen LogP contribution in [0.25, 0.3) is 0 Å². The summed E-state index contributed by atoms with van der Waals surface area (Å²) in [6.07, 6.45) is -20.0. The van der Waals surface area contributed by atoms with E-state index in [2.05, 4.69) is 101 Å². The average molecular weight is 1440 g/mol. The summed E-state index contributed by atoms with van der Waals surface area (Å²) >= 11 is 0. The lowest BCUT2D eigenvalue weighted by atomic mass is 10.0. The Bertz CT molecular complexity index is 2760. The summed E-state index contributed by atoms with van der Waals surface area (Å²) in [5, 5.41) is 77.4. The Hall–Kier alpha value is -9.15. The molecular weight excluding hydrogens is 1340 g/mol. The minimum atomic E-state index is -2.44. The minimum absolute atomic E-state index is 0.00648. The second-order valence-electron chi connectivity index (χ2n) is 24.0. The lowest BCUT2D eigenvalue weighted by Crippen LogP contribution is -2.71. The van der Waals surface area contributed by atoms with Crippen LogP contribution in [0.15, 0.2) is 0 Å². The van der Waals surface area contributed by atoms with E-state index >= 15 is 0 Å². The van der Waals surface area contributed by atoms with Gasteiger partial charge in [-0.25, -0.2) is 0 Å². The van der Waals surface area contributed by atoms with Crippen LogP contribution in [0.4, 0.5) is 0 Å². The van der Waals surface area contributed by atoms with Gasteiger partial charge in [-0.2, -0.15) is 0 Å². The van der Waals surface area contributed by atoms with Gasteiger partial charge in [0, 0.05) is 32.4 Å². The van der Waals surface area contributed by atoms with Gasteiger partial charge in [0.05, 0.1) is 49.3 Å². The van der Waals surface area contributed by atoms with E-state index in [0.717, 1.165) is 6.92 Å². The van der Waals surface area contributed by atoms with Gasteiger partial charge >= 0.3 is 0 Å².